The third-order valence-electron chi connectivity index (χ3n) is 5.12. The van der Waals surface area contributed by atoms with Crippen LogP contribution in [0.3, 0.4) is 0 Å². The van der Waals surface area contributed by atoms with Crippen molar-refractivity contribution in [3.05, 3.63) is 52.2 Å². The van der Waals surface area contributed by atoms with Crippen molar-refractivity contribution in [2.45, 2.75) is 31.3 Å². The number of amides is 1. The first-order valence-corrected chi connectivity index (χ1v) is 11.0. The third-order valence-corrected chi connectivity index (χ3v) is 7.70. The lowest BCUT2D eigenvalue weighted by Crippen LogP contribution is -2.58. The summed E-state index contributed by atoms with van der Waals surface area (Å²) in [5.41, 5.74) is 2.04. The Labute approximate surface area is 157 Å². The molecule has 2 aromatic rings. The summed E-state index contributed by atoms with van der Waals surface area (Å²) in [5.74, 6) is -0.147. The van der Waals surface area contributed by atoms with Crippen LogP contribution < -0.4 is 9.62 Å². The maximum absolute atomic E-state index is 13.3. The van der Waals surface area contributed by atoms with Gasteiger partial charge in [0.05, 0.1) is 6.04 Å². The molecule has 1 saturated heterocycles. The van der Waals surface area contributed by atoms with Crippen LogP contribution in [0.1, 0.15) is 29.3 Å². The maximum atomic E-state index is 13.3. The van der Waals surface area contributed by atoms with Crippen LogP contribution in [-0.2, 0) is 21.4 Å². The van der Waals surface area contributed by atoms with Gasteiger partial charge in [-0.3, -0.25) is 4.79 Å². The highest BCUT2D eigenvalue weighted by atomic mass is 32.2. The number of thiophene rings is 1. The smallest absolute Gasteiger partial charge is 0.280 e. The second-order valence-electron chi connectivity index (χ2n) is 6.68. The van der Waals surface area contributed by atoms with Crippen LogP contribution in [0, 0.1) is 0 Å². The molecule has 0 bridgehead atoms. The predicted molar refractivity (Wildman–Crippen MR) is 102 cm³/mol. The number of nitrogens with zero attached hydrogens (tertiary/aromatic N) is 2. The van der Waals surface area contributed by atoms with E-state index in [0.29, 0.717) is 13.0 Å². The minimum atomic E-state index is -3.70. The molecule has 6 nitrogen and oxygen atoms in total. The molecule has 2 aliphatic rings. The van der Waals surface area contributed by atoms with Crippen LogP contribution in [0.5, 0.6) is 0 Å². The Hall–Kier alpha value is -1.74. The minimum absolute atomic E-state index is 0.147. The molecule has 1 aromatic carbocycles. The molecule has 1 amide bonds. The highest BCUT2D eigenvalue weighted by Crippen LogP contribution is 2.33. The summed E-state index contributed by atoms with van der Waals surface area (Å²) < 4.78 is 29.0. The molecule has 26 heavy (non-hydrogen) atoms. The van der Waals surface area contributed by atoms with Gasteiger partial charge in [-0.15, -0.1) is 11.3 Å². The summed E-state index contributed by atoms with van der Waals surface area (Å²) in [6, 6.07) is 10.6. The number of likely N-dealkylation sites (N-methyl/N-ethyl adjacent to an activating group) is 1. The summed E-state index contributed by atoms with van der Waals surface area (Å²) in [7, 11) is -2.23. The van der Waals surface area contributed by atoms with Gasteiger partial charge < -0.3 is 4.90 Å². The number of para-hydroxylation sites is 1. The quantitative estimate of drug-likeness (QED) is 0.854. The number of benzene rings is 1. The lowest BCUT2D eigenvalue weighted by atomic mass is 9.99. The Kier molecular flexibility index (Phi) is 4.60. The molecule has 8 heteroatoms. The number of hydrogen-bond acceptors (Lipinski definition) is 4. The molecular weight excluding hydrogens is 370 g/mol. The van der Waals surface area contributed by atoms with Gasteiger partial charge in [-0.05, 0) is 42.3 Å². The number of rotatable bonds is 2. The fourth-order valence-corrected chi connectivity index (χ4v) is 5.84. The van der Waals surface area contributed by atoms with Gasteiger partial charge in [-0.25, -0.2) is 0 Å². The van der Waals surface area contributed by atoms with Crippen LogP contribution in [0.4, 0.5) is 5.69 Å². The lowest BCUT2D eigenvalue weighted by Gasteiger charge is -2.39. The van der Waals surface area contributed by atoms with E-state index < -0.39 is 16.3 Å². The molecule has 138 valence electrons. The number of anilines is 1. The first-order chi connectivity index (χ1) is 12.5. The predicted octanol–water partition coefficient (Wildman–Crippen LogP) is 2.31. The Morgan fingerprint density at radius 2 is 2.04 bits per heavy atom. The summed E-state index contributed by atoms with van der Waals surface area (Å²) in [6.45, 7) is 0.622. The van der Waals surface area contributed by atoms with Gasteiger partial charge in [0, 0.05) is 24.2 Å². The van der Waals surface area contributed by atoms with Crippen molar-refractivity contribution < 1.29 is 13.2 Å². The fourth-order valence-electron chi connectivity index (χ4n) is 3.71. The van der Waals surface area contributed by atoms with Crippen molar-refractivity contribution in [2.75, 3.05) is 18.5 Å². The molecule has 1 fully saturated rings. The molecule has 0 saturated carbocycles. The van der Waals surface area contributed by atoms with Gasteiger partial charge in [-0.1, -0.05) is 24.3 Å². The topological polar surface area (TPSA) is 69.7 Å². The average Bonchev–Trinajstić information content (AvgIpc) is 3.17. The summed E-state index contributed by atoms with van der Waals surface area (Å²) in [4.78, 5) is 16.0. The van der Waals surface area contributed by atoms with Crippen molar-refractivity contribution in [1.82, 2.24) is 9.03 Å². The normalized spacial score (nSPS) is 25.7. The van der Waals surface area contributed by atoms with E-state index in [4.69, 9.17) is 0 Å². The Morgan fingerprint density at radius 3 is 2.81 bits per heavy atom. The zero-order valence-electron chi connectivity index (χ0n) is 14.5. The highest BCUT2D eigenvalue weighted by molar-refractivity contribution is 7.87. The first kappa shape index (κ1) is 17.7. The number of nitrogens with one attached hydrogen (secondary N) is 1. The molecule has 4 rings (SSSR count). The van der Waals surface area contributed by atoms with Crippen molar-refractivity contribution in [2.24, 2.45) is 0 Å². The van der Waals surface area contributed by atoms with Gasteiger partial charge in [-0.2, -0.15) is 17.4 Å². The maximum Gasteiger partial charge on any atom is 0.280 e. The molecule has 0 unspecified atom stereocenters. The Balaban J connectivity index is 1.66. The Bertz CT molecular complexity index is 912. The minimum Gasteiger partial charge on any atom is -0.311 e. The monoisotopic (exact) mass is 391 g/mol. The molecule has 0 spiro atoms. The van der Waals surface area contributed by atoms with E-state index in [1.54, 1.807) is 4.90 Å². The summed E-state index contributed by atoms with van der Waals surface area (Å²) >= 11 is 1.50. The largest absolute Gasteiger partial charge is 0.311 e. The van der Waals surface area contributed by atoms with E-state index in [0.717, 1.165) is 29.0 Å². The van der Waals surface area contributed by atoms with E-state index in [1.165, 1.54) is 22.7 Å². The van der Waals surface area contributed by atoms with Crippen LogP contribution in [0.15, 0.2) is 41.8 Å². The molecular formula is C18H21N3O3S2. The molecule has 0 radical (unpaired) electrons. The van der Waals surface area contributed by atoms with Crippen LogP contribution in [0.2, 0.25) is 0 Å². The number of hydrogen-bond donors (Lipinski definition) is 1. The van der Waals surface area contributed by atoms with Gasteiger partial charge in [0.25, 0.3) is 10.2 Å². The van der Waals surface area contributed by atoms with Crippen molar-refractivity contribution in [3.63, 3.8) is 0 Å². The molecule has 1 N–H and O–H groups in total. The number of aryl methyl sites for hydroxylation is 1. The number of carbonyl (C=O) groups excluding carboxylic acids is 1. The summed E-state index contributed by atoms with van der Waals surface area (Å²) in [6.07, 6.45) is 2.25. The SMILES string of the molecule is CN1[C@@H](C(=O)N2CCCc3ccccc32)C[C@H](c2cccs2)NS1(=O)=O. The van der Waals surface area contributed by atoms with Crippen molar-refractivity contribution in [3.8, 4) is 0 Å². The first-order valence-electron chi connectivity index (χ1n) is 8.65. The van der Waals surface area contributed by atoms with Crippen LogP contribution in [-0.4, -0.2) is 38.3 Å². The van der Waals surface area contributed by atoms with E-state index >= 15 is 0 Å². The average molecular weight is 392 g/mol. The molecule has 3 heterocycles. The molecule has 2 atom stereocenters. The fraction of sp³-hybridized carbons (Fsp3) is 0.389. The zero-order valence-corrected chi connectivity index (χ0v) is 16.1. The summed E-state index contributed by atoms with van der Waals surface area (Å²) in [5, 5.41) is 1.92. The highest BCUT2D eigenvalue weighted by Gasteiger charge is 2.43. The molecule has 0 aliphatic carbocycles. The van der Waals surface area contributed by atoms with E-state index in [2.05, 4.69) is 4.72 Å². The standard InChI is InChI=1S/C18H21N3O3S2/c1-20-16(12-14(19-26(20,23)24)17-9-5-11-25-17)18(22)21-10-4-7-13-6-2-3-8-15(13)21/h2-3,5-6,8-9,11,14,16,19H,4,7,10,12H2,1H3/t14-,16-/m1/s1. The second kappa shape index (κ2) is 6.77. The number of carbonyl (C=O) groups is 1. The van der Waals surface area contributed by atoms with E-state index in [9.17, 15) is 13.2 Å². The van der Waals surface area contributed by atoms with Gasteiger partial charge >= 0.3 is 0 Å². The second-order valence-corrected chi connectivity index (χ2v) is 9.42. The van der Waals surface area contributed by atoms with Gasteiger partial charge in [0.1, 0.15) is 6.04 Å². The third kappa shape index (κ3) is 3.07. The van der Waals surface area contributed by atoms with Crippen molar-refractivity contribution >= 4 is 33.1 Å². The molecule has 2 aliphatic heterocycles. The lowest BCUT2D eigenvalue weighted by molar-refractivity contribution is -0.122. The van der Waals surface area contributed by atoms with Crippen molar-refractivity contribution in [1.29, 1.82) is 0 Å². The zero-order chi connectivity index (χ0) is 18.3. The van der Waals surface area contributed by atoms with Gasteiger partial charge in [0.2, 0.25) is 5.91 Å². The van der Waals surface area contributed by atoms with E-state index in [1.807, 2.05) is 41.8 Å². The molecule has 1 aromatic heterocycles. The van der Waals surface area contributed by atoms with Crippen LogP contribution >= 0.6 is 11.3 Å². The van der Waals surface area contributed by atoms with Crippen LogP contribution in [0.25, 0.3) is 0 Å². The Morgan fingerprint density at radius 1 is 1.23 bits per heavy atom. The van der Waals surface area contributed by atoms with Gasteiger partial charge in [0.15, 0.2) is 0 Å². The van der Waals surface area contributed by atoms with E-state index in [-0.39, 0.29) is 11.9 Å². The number of fused-ring (bicyclic) bond motifs is 1.